The first-order chi connectivity index (χ1) is 18.8. The molecule has 1 aromatic carbocycles. The van der Waals surface area contributed by atoms with Crippen molar-refractivity contribution >= 4 is 12.0 Å². The van der Waals surface area contributed by atoms with Crippen molar-refractivity contribution in [2.75, 3.05) is 26.2 Å². The van der Waals surface area contributed by atoms with Crippen LogP contribution in [0.15, 0.2) is 24.3 Å². The molecule has 2 amide bonds. The Morgan fingerprint density at radius 1 is 0.900 bits per heavy atom. The molecule has 0 unspecified atom stereocenters. The first-order valence-electron chi connectivity index (χ1n) is 15.8. The lowest BCUT2D eigenvalue weighted by molar-refractivity contribution is -0.154. The van der Waals surface area contributed by atoms with Gasteiger partial charge in [0.1, 0.15) is 11.4 Å². The molecule has 1 aromatic rings. The molecule has 2 aliphatic rings. The fraction of sp³-hybridized carbons (Fsp3) is 0.765. The summed E-state index contributed by atoms with van der Waals surface area (Å²) in [7, 11) is 0. The molecule has 0 atom stereocenters. The van der Waals surface area contributed by atoms with E-state index in [-0.39, 0.29) is 12.0 Å². The van der Waals surface area contributed by atoms with Crippen molar-refractivity contribution in [3.8, 4) is 5.75 Å². The highest BCUT2D eigenvalue weighted by molar-refractivity contribution is 5.86. The summed E-state index contributed by atoms with van der Waals surface area (Å²) >= 11 is 0. The van der Waals surface area contributed by atoms with Gasteiger partial charge in [0.15, 0.2) is 5.60 Å². The Labute approximate surface area is 246 Å². The average molecular weight is 561 g/mol. The summed E-state index contributed by atoms with van der Waals surface area (Å²) in [6.45, 7) is 25.2. The monoisotopic (exact) mass is 560 g/mol. The molecule has 3 rings (SSSR count). The van der Waals surface area contributed by atoms with Crippen LogP contribution in [0.2, 0.25) is 0 Å². The molecule has 2 heterocycles. The van der Waals surface area contributed by atoms with E-state index in [4.69, 9.17) is 9.47 Å². The number of nitrogens with zero attached hydrogens (tertiary/aromatic N) is 2. The highest BCUT2D eigenvalue weighted by Crippen LogP contribution is 2.34. The molecule has 6 nitrogen and oxygen atoms in total. The van der Waals surface area contributed by atoms with Gasteiger partial charge in [0.05, 0.1) is 0 Å². The SMILES string of the molecule is CC.CC(C)C.CCCc1ccc(OC2(C(=O)N3CCC(C(C)C)CC3)CCN(C(=O)OC(C)(C)C)CC2)cc1. The van der Waals surface area contributed by atoms with Gasteiger partial charge in [0, 0.05) is 39.0 Å². The van der Waals surface area contributed by atoms with Crippen LogP contribution in [0.5, 0.6) is 5.75 Å². The third kappa shape index (κ3) is 11.7. The molecule has 2 saturated heterocycles. The first-order valence-corrected chi connectivity index (χ1v) is 15.8. The summed E-state index contributed by atoms with van der Waals surface area (Å²) in [6.07, 6.45) is 4.80. The Morgan fingerprint density at radius 2 is 1.40 bits per heavy atom. The van der Waals surface area contributed by atoms with Crippen LogP contribution in [0.3, 0.4) is 0 Å². The number of aryl methyl sites for hydroxylation is 1. The summed E-state index contributed by atoms with van der Waals surface area (Å²) < 4.78 is 12.1. The summed E-state index contributed by atoms with van der Waals surface area (Å²) in [5, 5.41) is 0. The van der Waals surface area contributed by atoms with E-state index in [9.17, 15) is 9.59 Å². The first kappa shape index (κ1) is 35.8. The molecular formula is C34H60N2O4. The molecule has 40 heavy (non-hydrogen) atoms. The number of likely N-dealkylation sites (tertiary alicyclic amines) is 2. The van der Waals surface area contributed by atoms with E-state index in [2.05, 4.69) is 53.7 Å². The van der Waals surface area contributed by atoms with Crippen molar-refractivity contribution in [3.63, 3.8) is 0 Å². The number of benzene rings is 1. The Balaban J connectivity index is 0.00000122. The molecule has 2 fully saturated rings. The fourth-order valence-corrected chi connectivity index (χ4v) is 5.03. The Kier molecular flexibility index (Phi) is 15.1. The second kappa shape index (κ2) is 16.9. The molecule has 0 spiro atoms. The van der Waals surface area contributed by atoms with Crippen molar-refractivity contribution in [1.82, 2.24) is 9.80 Å². The number of carbonyl (C=O) groups is 2. The van der Waals surface area contributed by atoms with Gasteiger partial charge in [-0.25, -0.2) is 4.79 Å². The highest BCUT2D eigenvalue weighted by Gasteiger charge is 2.48. The third-order valence-corrected chi connectivity index (χ3v) is 7.16. The lowest BCUT2D eigenvalue weighted by atomic mass is 9.84. The van der Waals surface area contributed by atoms with Crippen LogP contribution in [0, 0.1) is 17.8 Å². The van der Waals surface area contributed by atoms with E-state index in [1.165, 1.54) is 5.56 Å². The molecule has 2 aliphatic heterocycles. The van der Waals surface area contributed by atoms with E-state index >= 15 is 0 Å². The maximum absolute atomic E-state index is 13.9. The zero-order valence-electron chi connectivity index (χ0n) is 27.6. The fourth-order valence-electron chi connectivity index (χ4n) is 5.03. The molecule has 0 bridgehead atoms. The molecular weight excluding hydrogens is 500 g/mol. The van der Waals surface area contributed by atoms with Crippen LogP contribution in [-0.2, 0) is 16.0 Å². The van der Waals surface area contributed by atoms with Crippen molar-refractivity contribution < 1.29 is 19.1 Å². The summed E-state index contributed by atoms with van der Waals surface area (Å²) in [5.74, 6) is 2.93. The molecule has 0 saturated carbocycles. The minimum Gasteiger partial charge on any atom is -0.477 e. The van der Waals surface area contributed by atoms with Crippen LogP contribution >= 0.6 is 0 Å². The molecule has 0 N–H and O–H groups in total. The van der Waals surface area contributed by atoms with Crippen molar-refractivity contribution in [2.24, 2.45) is 17.8 Å². The summed E-state index contributed by atoms with van der Waals surface area (Å²) in [6, 6.07) is 8.12. The molecule has 6 heteroatoms. The van der Waals surface area contributed by atoms with Gasteiger partial charge in [-0.15, -0.1) is 0 Å². The average Bonchev–Trinajstić information content (AvgIpc) is 2.90. The number of piperidine rings is 2. The number of carbonyl (C=O) groups excluding carboxylic acids is 2. The second-order valence-electron chi connectivity index (χ2n) is 13.1. The van der Waals surface area contributed by atoms with Crippen molar-refractivity contribution in [2.45, 2.75) is 126 Å². The Hall–Kier alpha value is -2.24. The van der Waals surface area contributed by atoms with Crippen LogP contribution < -0.4 is 4.74 Å². The minimum absolute atomic E-state index is 0.0659. The topological polar surface area (TPSA) is 59.1 Å². The molecule has 0 radical (unpaired) electrons. The third-order valence-electron chi connectivity index (χ3n) is 7.16. The molecule has 0 aliphatic carbocycles. The smallest absolute Gasteiger partial charge is 0.410 e. The van der Waals surface area contributed by atoms with Gasteiger partial charge >= 0.3 is 6.09 Å². The van der Waals surface area contributed by atoms with Gasteiger partial charge in [-0.2, -0.15) is 0 Å². The predicted octanol–water partition coefficient (Wildman–Crippen LogP) is 8.37. The van der Waals surface area contributed by atoms with Crippen LogP contribution in [0.1, 0.15) is 114 Å². The van der Waals surface area contributed by atoms with Crippen LogP contribution in [0.25, 0.3) is 0 Å². The largest absolute Gasteiger partial charge is 0.477 e. The molecule has 230 valence electrons. The number of hydrogen-bond acceptors (Lipinski definition) is 4. The quantitative estimate of drug-likeness (QED) is 0.351. The van der Waals surface area contributed by atoms with Gasteiger partial charge < -0.3 is 19.3 Å². The molecule has 0 aromatic heterocycles. The van der Waals surface area contributed by atoms with Gasteiger partial charge in [-0.3, -0.25) is 4.79 Å². The van der Waals surface area contributed by atoms with Crippen LogP contribution in [-0.4, -0.2) is 59.2 Å². The number of amides is 2. The normalized spacial score (nSPS) is 17.4. The van der Waals surface area contributed by atoms with E-state index < -0.39 is 11.2 Å². The second-order valence-corrected chi connectivity index (χ2v) is 13.1. The lowest BCUT2D eigenvalue weighted by Crippen LogP contribution is -2.60. The van der Waals surface area contributed by atoms with Gasteiger partial charge in [-0.05, 0) is 75.5 Å². The van der Waals surface area contributed by atoms with Gasteiger partial charge in [-0.1, -0.05) is 73.9 Å². The van der Waals surface area contributed by atoms with E-state index in [0.717, 1.165) is 50.4 Å². The van der Waals surface area contributed by atoms with Gasteiger partial charge in [0.25, 0.3) is 5.91 Å². The van der Waals surface area contributed by atoms with Crippen molar-refractivity contribution in [3.05, 3.63) is 29.8 Å². The minimum atomic E-state index is -0.949. The maximum Gasteiger partial charge on any atom is 0.410 e. The van der Waals surface area contributed by atoms with E-state index in [1.54, 1.807) is 4.90 Å². The Bertz CT molecular complexity index is 854. The van der Waals surface area contributed by atoms with E-state index in [0.29, 0.717) is 37.8 Å². The number of ether oxygens (including phenoxy) is 2. The van der Waals surface area contributed by atoms with Crippen LogP contribution in [0.4, 0.5) is 4.79 Å². The number of hydrogen-bond donors (Lipinski definition) is 0. The number of rotatable bonds is 6. The summed E-state index contributed by atoms with van der Waals surface area (Å²) in [5.41, 5.74) is -0.222. The highest BCUT2D eigenvalue weighted by atomic mass is 16.6. The zero-order chi connectivity index (χ0) is 30.5. The summed E-state index contributed by atoms with van der Waals surface area (Å²) in [4.78, 5) is 30.2. The van der Waals surface area contributed by atoms with E-state index in [1.807, 2.05) is 51.7 Å². The lowest BCUT2D eigenvalue weighted by Gasteiger charge is -2.44. The zero-order valence-corrected chi connectivity index (χ0v) is 27.6. The predicted molar refractivity (Wildman–Crippen MR) is 167 cm³/mol. The van der Waals surface area contributed by atoms with Crippen molar-refractivity contribution in [1.29, 1.82) is 0 Å². The Morgan fingerprint density at radius 3 is 1.82 bits per heavy atom. The van der Waals surface area contributed by atoms with Gasteiger partial charge in [0.2, 0.25) is 0 Å². The standard InChI is InChI=1S/C28H44N2O4.C4H10.C2H6/c1-7-8-22-9-11-24(12-10-22)33-28(25(31)29-17-13-23(14-18-29)21(2)3)15-19-30(20-16-28)26(32)34-27(4,5)6;1-4(2)3;1-2/h9-12,21,23H,7-8,13-20H2,1-6H3;4H,1-3H3;1-2H3. The maximum atomic E-state index is 13.9.